The first-order valence-electron chi connectivity index (χ1n) is 15.6. The van der Waals surface area contributed by atoms with E-state index in [1.54, 1.807) is 7.11 Å². The van der Waals surface area contributed by atoms with Crippen LogP contribution < -0.4 is 9.47 Å². The minimum Gasteiger partial charge on any atom is -0.496 e. The molecule has 3 heterocycles. The number of aliphatic carboxylic acids is 1. The fraction of sp³-hybridized carbons (Fsp3) is 0.429. The lowest BCUT2D eigenvalue weighted by atomic mass is 9.96. The van der Waals surface area contributed by atoms with Crippen molar-refractivity contribution < 1.29 is 28.8 Å². The summed E-state index contributed by atoms with van der Waals surface area (Å²) in [6, 6.07) is 17.9. The zero-order valence-electron chi connectivity index (χ0n) is 26.3. The number of carbonyl (C=O) groups is 1. The van der Waals surface area contributed by atoms with E-state index in [0.717, 1.165) is 89.7 Å². The molecule has 0 spiro atoms. The van der Waals surface area contributed by atoms with E-state index in [-0.39, 0.29) is 6.61 Å². The normalized spacial score (nSPS) is 17.9. The third kappa shape index (κ3) is 6.84. The van der Waals surface area contributed by atoms with E-state index in [1.807, 2.05) is 36.2 Å². The Morgan fingerprint density at radius 3 is 2.60 bits per heavy atom. The van der Waals surface area contributed by atoms with E-state index in [4.69, 9.17) is 23.9 Å². The molecule has 2 saturated heterocycles. The van der Waals surface area contributed by atoms with Gasteiger partial charge in [0.1, 0.15) is 23.4 Å². The van der Waals surface area contributed by atoms with Crippen LogP contribution in [0.2, 0.25) is 0 Å². The van der Waals surface area contributed by atoms with Crippen LogP contribution in [0.3, 0.4) is 0 Å². The van der Waals surface area contributed by atoms with Gasteiger partial charge < -0.3 is 28.6 Å². The van der Waals surface area contributed by atoms with Gasteiger partial charge in [-0.1, -0.05) is 30.3 Å². The number of aryl methyl sites for hydroxylation is 1. The fourth-order valence-corrected chi connectivity index (χ4v) is 6.34. The third-order valence-corrected chi connectivity index (χ3v) is 8.89. The fourth-order valence-electron chi connectivity index (χ4n) is 6.34. The number of rotatable bonds is 11. The lowest BCUT2D eigenvalue weighted by molar-refractivity contribution is -0.150. The summed E-state index contributed by atoms with van der Waals surface area (Å²) in [5, 5.41) is 9.71. The molecular formula is C35H42N4O6. The molecule has 3 aromatic carbocycles. The van der Waals surface area contributed by atoms with Crippen molar-refractivity contribution >= 4 is 17.0 Å². The Hall–Kier alpha value is -3.96. The molecule has 1 atom stereocenters. The smallest absolute Gasteiger partial charge is 0.323 e. The molecule has 45 heavy (non-hydrogen) atoms. The summed E-state index contributed by atoms with van der Waals surface area (Å²) in [6.45, 7) is 9.10. The van der Waals surface area contributed by atoms with Gasteiger partial charge in [0.2, 0.25) is 0 Å². The highest BCUT2D eigenvalue weighted by Gasteiger charge is 2.30. The Morgan fingerprint density at radius 1 is 1.02 bits per heavy atom. The number of carboxylic acid groups (broad SMARTS) is 1. The Labute approximate surface area is 264 Å². The minimum absolute atomic E-state index is 0.174. The summed E-state index contributed by atoms with van der Waals surface area (Å²) < 4.78 is 24.9. The van der Waals surface area contributed by atoms with Crippen LogP contribution in [0, 0.1) is 6.92 Å². The van der Waals surface area contributed by atoms with E-state index in [2.05, 4.69) is 46.7 Å². The maximum Gasteiger partial charge on any atom is 0.323 e. The van der Waals surface area contributed by atoms with Gasteiger partial charge in [-0.25, -0.2) is 4.98 Å². The van der Waals surface area contributed by atoms with Crippen LogP contribution in [-0.4, -0.2) is 103 Å². The monoisotopic (exact) mass is 614 g/mol. The number of nitrogens with zero attached hydrogens (tertiary/aromatic N) is 4. The van der Waals surface area contributed by atoms with Gasteiger partial charge in [-0.15, -0.1) is 0 Å². The maximum atomic E-state index is 11.8. The number of hydrogen-bond donors (Lipinski definition) is 1. The van der Waals surface area contributed by atoms with E-state index >= 15 is 0 Å². The summed E-state index contributed by atoms with van der Waals surface area (Å²) >= 11 is 0. The summed E-state index contributed by atoms with van der Waals surface area (Å²) in [6.07, 6.45) is 0.977. The van der Waals surface area contributed by atoms with Crippen molar-refractivity contribution in [2.24, 2.45) is 7.05 Å². The summed E-state index contributed by atoms with van der Waals surface area (Å²) in [7, 11) is 3.66. The highest BCUT2D eigenvalue weighted by Crippen LogP contribution is 2.36. The minimum atomic E-state index is -0.883. The second kappa shape index (κ2) is 14.0. The van der Waals surface area contributed by atoms with Gasteiger partial charge in [0, 0.05) is 57.0 Å². The Bertz CT molecular complexity index is 1650. The summed E-state index contributed by atoms with van der Waals surface area (Å²) in [4.78, 5) is 21.3. The maximum absolute atomic E-state index is 11.8. The zero-order chi connectivity index (χ0) is 31.3. The number of aromatic nitrogens is 2. The number of hydrogen-bond acceptors (Lipinski definition) is 8. The molecule has 1 unspecified atom stereocenters. The molecule has 0 amide bonds. The quantitative estimate of drug-likeness (QED) is 0.243. The van der Waals surface area contributed by atoms with Crippen LogP contribution in [-0.2, 0) is 27.9 Å². The lowest BCUT2D eigenvalue weighted by Crippen LogP contribution is -2.49. The van der Waals surface area contributed by atoms with Gasteiger partial charge in [0.25, 0.3) is 0 Å². The van der Waals surface area contributed by atoms with Crippen LogP contribution in [0.5, 0.6) is 11.5 Å². The predicted molar refractivity (Wildman–Crippen MR) is 173 cm³/mol. The summed E-state index contributed by atoms with van der Waals surface area (Å²) in [5.74, 6) is 1.55. The van der Waals surface area contributed by atoms with E-state index < -0.39 is 12.0 Å². The molecule has 1 aromatic heterocycles. The third-order valence-electron chi connectivity index (χ3n) is 8.89. The Kier molecular flexibility index (Phi) is 9.65. The van der Waals surface area contributed by atoms with Gasteiger partial charge in [0.15, 0.2) is 0 Å². The molecule has 10 heteroatoms. The van der Waals surface area contributed by atoms with Crippen molar-refractivity contribution in [1.29, 1.82) is 0 Å². The molecule has 1 N–H and O–H groups in total. The molecule has 2 aliphatic rings. The molecule has 0 saturated carbocycles. The van der Waals surface area contributed by atoms with E-state index in [0.29, 0.717) is 32.1 Å². The number of methoxy groups -OCH3 is 1. The first-order chi connectivity index (χ1) is 21.9. The molecular weight excluding hydrogens is 572 g/mol. The number of benzene rings is 3. The van der Waals surface area contributed by atoms with Crippen molar-refractivity contribution in [3.05, 3.63) is 65.7 Å². The first-order valence-corrected chi connectivity index (χ1v) is 15.6. The van der Waals surface area contributed by atoms with Crippen LogP contribution in [0.25, 0.3) is 33.5 Å². The molecule has 238 valence electrons. The van der Waals surface area contributed by atoms with Crippen molar-refractivity contribution in [3.8, 4) is 34.0 Å². The standard InChI is InChI=1S/C35H42N4O6/c1-24-28(25-7-4-8-27(19-25)45-15-6-11-38-12-16-43-17-13-38)9-5-10-29(24)34-36-30-20-26(33(42-3)21-31(30)37(34)2)22-39-14-18-44-23-32(39)35(40)41/h4-5,7-10,19-21,32H,6,11-18,22-23H2,1-3H3,(H,40,41). The average Bonchev–Trinajstić information content (AvgIpc) is 3.38. The van der Waals surface area contributed by atoms with Crippen molar-refractivity contribution in [3.63, 3.8) is 0 Å². The van der Waals surface area contributed by atoms with Crippen molar-refractivity contribution in [2.75, 3.05) is 66.3 Å². The second-order valence-corrected chi connectivity index (χ2v) is 11.7. The number of ether oxygens (including phenoxy) is 4. The molecule has 6 rings (SSSR count). The topological polar surface area (TPSA) is 98.5 Å². The average molecular weight is 615 g/mol. The SMILES string of the molecule is COc1cc2c(cc1CN1CCOCC1C(=O)O)nc(-c1cccc(-c3cccc(OCCCN4CCOCC4)c3)c1C)n2C. The van der Waals surface area contributed by atoms with Crippen LogP contribution in [0.4, 0.5) is 0 Å². The summed E-state index contributed by atoms with van der Waals surface area (Å²) in [5.41, 5.74) is 7.08. The van der Waals surface area contributed by atoms with Gasteiger partial charge in [-0.2, -0.15) is 0 Å². The predicted octanol–water partition coefficient (Wildman–Crippen LogP) is 4.61. The highest BCUT2D eigenvalue weighted by atomic mass is 16.5. The molecule has 2 fully saturated rings. The van der Waals surface area contributed by atoms with Gasteiger partial charge >= 0.3 is 5.97 Å². The van der Waals surface area contributed by atoms with Crippen LogP contribution in [0.15, 0.2) is 54.6 Å². The number of carboxylic acids is 1. The van der Waals surface area contributed by atoms with E-state index in [9.17, 15) is 9.90 Å². The van der Waals surface area contributed by atoms with Gasteiger partial charge in [-0.05, 0) is 48.2 Å². The largest absolute Gasteiger partial charge is 0.496 e. The highest BCUT2D eigenvalue weighted by molar-refractivity contribution is 5.85. The molecule has 0 radical (unpaired) electrons. The van der Waals surface area contributed by atoms with Crippen molar-refractivity contribution in [2.45, 2.75) is 25.9 Å². The molecule has 4 aromatic rings. The number of morpholine rings is 2. The first kappa shape index (κ1) is 31.0. The van der Waals surface area contributed by atoms with E-state index in [1.165, 1.54) is 0 Å². The zero-order valence-corrected chi connectivity index (χ0v) is 26.3. The molecule has 0 bridgehead atoms. The van der Waals surface area contributed by atoms with Crippen molar-refractivity contribution in [1.82, 2.24) is 19.4 Å². The molecule has 2 aliphatic heterocycles. The van der Waals surface area contributed by atoms with Crippen LogP contribution in [0.1, 0.15) is 17.5 Å². The Balaban J connectivity index is 1.23. The molecule has 0 aliphatic carbocycles. The lowest BCUT2D eigenvalue weighted by Gasteiger charge is -2.33. The Morgan fingerprint density at radius 2 is 1.80 bits per heavy atom. The number of imidazole rings is 1. The van der Waals surface area contributed by atoms with Gasteiger partial charge in [0.05, 0.1) is 51.2 Å². The van der Waals surface area contributed by atoms with Gasteiger partial charge in [-0.3, -0.25) is 14.6 Å². The molecule has 10 nitrogen and oxygen atoms in total. The second-order valence-electron chi connectivity index (χ2n) is 11.7. The van der Waals surface area contributed by atoms with Crippen LogP contribution >= 0.6 is 0 Å². The number of fused-ring (bicyclic) bond motifs is 1.